The quantitative estimate of drug-likeness (QED) is 0.646. The van der Waals surface area contributed by atoms with Crippen LogP contribution in [0.15, 0.2) is 53.4 Å². The number of hydrogen-bond donors (Lipinski definition) is 1. The van der Waals surface area contributed by atoms with Crippen molar-refractivity contribution in [1.82, 2.24) is 19.3 Å². The van der Waals surface area contributed by atoms with Crippen molar-refractivity contribution in [2.45, 2.75) is 44.4 Å². The lowest BCUT2D eigenvalue weighted by atomic mass is 9.95. The summed E-state index contributed by atoms with van der Waals surface area (Å²) in [5.74, 6) is 0.582. The van der Waals surface area contributed by atoms with Gasteiger partial charge in [0.05, 0.1) is 4.90 Å². The van der Waals surface area contributed by atoms with E-state index >= 15 is 0 Å². The van der Waals surface area contributed by atoms with Gasteiger partial charge in [0.1, 0.15) is 0 Å². The monoisotopic (exact) mass is 437 g/mol. The molecule has 1 fully saturated rings. The van der Waals surface area contributed by atoms with E-state index in [2.05, 4.69) is 15.3 Å². The van der Waals surface area contributed by atoms with Gasteiger partial charge in [0.15, 0.2) is 0 Å². The molecule has 3 heterocycles. The molecule has 4 rings (SSSR count). The van der Waals surface area contributed by atoms with Gasteiger partial charge < -0.3 is 5.32 Å². The third-order valence-corrected chi connectivity index (χ3v) is 7.27. The molecule has 0 aliphatic carbocycles. The van der Waals surface area contributed by atoms with Crippen LogP contribution in [0.3, 0.4) is 0 Å². The minimum absolute atomic E-state index is 0.0350. The van der Waals surface area contributed by atoms with Gasteiger partial charge in [-0.2, -0.15) is 4.31 Å². The van der Waals surface area contributed by atoms with E-state index in [1.165, 1.54) is 0 Å². The summed E-state index contributed by atoms with van der Waals surface area (Å²) >= 11 is 0. The number of benzene rings is 1. The van der Waals surface area contributed by atoms with Gasteiger partial charge >= 0.3 is 0 Å². The van der Waals surface area contributed by atoms with Gasteiger partial charge in [0.2, 0.25) is 16.0 Å². The van der Waals surface area contributed by atoms with E-state index in [0.29, 0.717) is 23.9 Å². The summed E-state index contributed by atoms with van der Waals surface area (Å²) in [5, 5.41) is 3.28. The first kappa shape index (κ1) is 21.4. The summed E-state index contributed by atoms with van der Waals surface area (Å²) < 4.78 is 27.7. The lowest BCUT2D eigenvalue weighted by Crippen LogP contribution is -2.39. The second-order valence-electron chi connectivity index (χ2n) is 8.04. The van der Waals surface area contributed by atoms with Crippen molar-refractivity contribution in [3.05, 3.63) is 71.3 Å². The first-order valence-electron chi connectivity index (χ1n) is 10.4. The van der Waals surface area contributed by atoms with Crippen molar-refractivity contribution >= 4 is 21.7 Å². The number of nitrogens with zero attached hydrogens (tertiary/aromatic N) is 4. The fraction of sp³-hybridized carbons (Fsp3) is 0.348. The third-order valence-electron chi connectivity index (χ3n) is 5.40. The molecule has 0 saturated carbocycles. The molecule has 0 bridgehead atoms. The van der Waals surface area contributed by atoms with Gasteiger partial charge in [0, 0.05) is 47.5 Å². The molecule has 1 N–H and O–H groups in total. The first-order valence-corrected chi connectivity index (χ1v) is 11.9. The molecule has 1 aliphatic heterocycles. The Labute approximate surface area is 183 Å². The molecule has 7 nitrogen and oxygen atoms in total. The van der Waals surface area contributed by atoms with Gasteiger partial charge in [-0.25, -0.2) is 18.4 Å². The van der Waals surface area contributed by atoms with E-state index in [4.69, 9.17) is 4.98 Å². The average Bonchev–Trinajstić information content (AvgIpc) is 2.73. The molecular weight excluding hydrogens is 410 g/mol. The predicted octanol–water partition coefficient (Wildman–Crippen LogP) is 4.11. The lowest BCUT2D eigenvalue weighted by Gasteiger charge is -2.32. The molecule has 0 spiro atoms. The van der Waals surface area contributed by atoms with Crippen molar-refractivity contribution in [3.8, 4) is 0 Å². The highest BCUT2D eigenvalue weighted by molar-refractivity contribution is 7.89. The van der Waals surface area contributed by atoms with Crippen molar-refractivity contribution < 1.29 is 8.42 Å². The smallest absolute Gasteiger partial charge is 0.243 e. The van der Waals surface area contributed by atoms with E-state index in [9.17, 15) is 8.42 Å². The number of pyridine rings is 1. The van der Waals surface area contributed by atoms with Crippen molar-refractivity contribution in [2.24, 2.45) is 0 Å². The molecular formula is C23H27N5O2S. The number of sulfonamides is 1. The van der Waals surface area contributed by atoms with Gasteiger partial charge in [-0.15, -0.1) is 0 Å². The molecule has 0 unspecified atom stereocenters. The van der Waals surface area contributed by atoms with E-state index in [0.717, 1.165) is 41.3 Å². The summed E-state index contributed by atoms with van der Waals surface area (Å²) in [4.78, 5) is 14.0. The lowest BCUT2D eigenvalue weighted by molar-refractivity contribution is 0.312. The van der Waals surface area contributed by atoms with Gasteiger partial charge in [-0.1, -0.05) is 18.2 Å². The van der Waals surface area contributed by atoms with Crippen LogP contribution in [0.4, 0.5) is 11.6 Å². The topological polar surface area (TPSA) is 88.1 Å². The highest BCUT2D eigenvalue weighted by Gasteiger charge is 2.31. The molecule has 1 saturated heterocycles. The standard InChI is InChI=1S/C23H27N5O2S/c1-16-12-17(2)26-23(25-16)27-20-13-18(3)24-22(14-20)19-8-7-11-28(15-19)31(29,30)21-9-5-4-6-10-21/h4-6,9-10,12-14,19H,7-8,11,15H2,1-3H3,(H,24,25,26,27)/t19-/m0/s1. The van der Waals surface area contributed by atoms with Crippen LogP contribution in [0.1, 0.15) is 41.5 Å². The minimum atomic E-state index is -3.51. The van der Waals surface area contributed by atoms with Crippen LogP contribution in [0, 0.1) is 20.8 Å². The van der Waals surface area contributed by atoms with Gasteiger partial charge in [-0.3, -0.25) is 4.98 Å². The molecule has 2 aromatic heterocycles. The molecule has 162 valence electrons. The Kier molecular flexibility index (Phi) is 6.02. The summed E-state index contributed by atoms with van der Waals surface area (Å²) in [7, 11) is -3.51. The number of aromatic nitrogens is 3. The summed E-state index contributed by atoms with van der Waals surface area (Å²) in [6.07, 6.45) is 1.70. The van der Waals surface area contributed by atoms with Crippen LogP contribution in [0.2, 0.25) is 0 Å². The molecule has 0 amide bonds. The highest BCUT2D eigenvalue weighted by Crippen LogP contribution is 2.31. The van der Waals surface area contributed by atoms with Crippen LogP contribution < -0.4 is 5.32 Å². The van der Waals surface area contributed by atoms with E-state index in [1.54, 1.807) is 28.6 Å². The van der Waals surface area contributed by atoms with E-state index in [1.807, 2.05) is 45.0 Å². The Morgan fingerprint density at radius 1 is 0.935 bits per heavy atom. The normalized spacial score (nSPS) is 17.5. The maximum absolute atomic E-state index is 13.1. The Bertz CT molecular complexity index is 1160. The predicted molar refractivity (Wildman–Crippen MR) is 121 cm³/mol. The second kappa shape index (κ2) is 8.72. The van der Waals surface area contributed by atoms with Crippen molar-refractivity contribution in [1.29, 1.82) is 0 Å². The Morgan fingerprint density at radius 3 is 2.32 bits per heavy atom. The zero-order valence-electron chi connectivity index (χ0n) is 18.0. The first-order chi connectivity index (χ1) is 14.8. The van der Waals surface area contributed by atoms with Crippen LogP contribution in [0.5, 0.6) is 0 Å². The Balaban J connectivity index is 1.58. The van der Waals surface area contributed by atoms with Crippen LogP contribution in [-0.2, 0) is 10.0 Å². The zero-order valence-corrected chi connectivity index (χ0v) is 18.9. The third kappa shape index (κ3) is 4.91. The number of anilines is 2. The van der Waals surface area contributed by atoms with Gasteiger partial charge in [0.25, 0.3) is 0 Å². The number of hydrogen-bond acceptors (Lipinski definition) is 6. The SMILES string of the molecule is Cc1cc(Nc2nc(C)cc(C)n2)cc([C@H]2CCCN(S(=O)(=O)c3ccccc3)C2)n1. The molecule has 3 aromatic rings. The van der Waals surface area contributed by atoms with Crippen LogP contribution in [-0.4, -0.2) is 40.8 Å². The Morgan fingerprint density at radius 2 is 1.61 bits per heavy atom. The largest absolute Gasteiger partial charge is 0.324 e. The summed E-state index contributed by atoms with van der Waals surface area (Å²) in [5.41, 5.74) is 4.41. The maximum Gasteiger partial charge on any atom is 0.243 e. The van der Waals surface area contributed by atoms with Crippen LogP contribution in [0.25, 0.3) is 0 Å². The zero-order chi connectivity index (χ0) is 22.0. The highest BCUT2D eigenvalue weighted by atomic mass is 32.2. The van der Waals surface area contributed by atoms with Crippen LogP contribution >= 0.6 is 0 Å². The molecule has 31 heavy (non-hydrogen) atoms. The molecule has 8 heteroatoms. The minimum Gasteiger partial charge on any atom is -0.324 e. The van der Waals surface area contributed by atoms with E-state index in [-0.39, 0.29) is 5.92 Å². The molecule has 1 aromatic carbocycles. The number of rotatable bonds is 5. The molecule has 1 atom stereocenters. The van der Waals surface area contributed by atoms with Crippen molar-refractivity contribution in [2.75, 3.05) is 18.4 Å². The summed E-state index contributed by atoms with van der Waals surface area (Å²) in [6, 6.07) is 14.5. The number of nitrogens with one attached hydrogen (secondary N) is 1. The summed E-state index contributed by atoms with van der Waals surface area (Å²) in [6.45, 7) is 6.77. The fourth-order valence-electron chi connectivity index (χ4n) is 4.03. The van der Waals surface area contributed by atoms with E-state index < -0.39 is 10.0 Å². The second-order valence-corrected chi connectivity index (χ2v) is 9.97. The fourth-order valence-corrected chi connectivity index (χ4v) is 5.58. The maximum atomic E-state index is 13.1. The Hall–Kier alpha value is -2.84. The van der Waals surface area contributed by atoms with Crippen molar-refractivity contribution in [3.63, 3.8) is 0 Å². The number of aryl methyl sites for hydroxylation is 3. The average molecular weight is 438 g/mol. The molecule has 1 aliphatic rings. The number of piperidine rings is 1. The van der Waals surface area contributed by atoms with Gasteiger partial charge in [-0.05, 0) is 63.9 Å². The molecule has 0 radical (unpaired) electrons.